The van der Waals surface area contributed by atoms with Crippen LogP contribution in [0.15, 0.2) is 35.7 Å². The summed E-state index contributed by atoms with van der Waals surface area (Å²) in [6.07, 6.45) is 1.25. The molecule has 1 saturated heterocycles. The lowest BCUT2D eigenvalue weighted by molar-refractivity contribution is -0.151. The molecule has 0 saturated carbocycles. The number of hydrogen-bond acceptors (Lipinski definition) is 7. The Labute approximate surface area is 165 Å². The molecule has 0 spiro atoms. The quantitative estimate of drug-likeness (QED) is 0.771. The van der Waals surface area contributed by atoms with E-state index < -0.39 is 24.5 Å². The van der Waals surface area contributed by atoms with Gasteiger partial charge in [-0.2, -0.15) is 0 Å². The van der Waals surface area contributed by atoms with Crippen LogP contribution in [0.5, 0.6) is 11.5 Å². The summed E-state index contributed by atoms with van der Waals surface area (Å²) >= 11 is 1.33. The number of carbonyl (C=O) groups is 3. The first-order valence-electron chi connectivity index (χ1n) is 8.82. The Hall–Kier alpha value is -3.07. The topological polar surface area (TPSA) is 94.2 Å². The van der Waals surface area contributed by atoms with Crippen LogP contribution in [-0.4, -0.2) is 48.7 Å². The highest BCUT2D eigenvalue weighted by molar-refractivity contribution is 7.12. The van der Waals surface area contributed by atoms with Crippen LogP contribution in [0.4, 0.5) is 5.69 Å². The summed E-state index contributed by atoms with van der Waals surface area (Å²) in [4.78, 5) is 39.1. The van der Waals surface area contributed by atoms with Crippen LogP contribution in [0, 0.1) is 0 Å². The first-order valence-corrected chi connectivity index (χ1v) is 9.70. The van der Waals surface area contributed by atoms with Crippen molar-refractivity contribution < 1.29 is 28.6 Å². The summed E-state index contributed by atoms with van der Waals surface area (Å²) in [5.41, 5.74) is 0.515. The molecule has 1 fully saturated rings. The van der Waals surface area contributed by atoms with Gasteiger partial charge in [0.05, 0.1) is 4.88 Å². The van der Waals surface area contributed by atoms with Crippen molar-refractivity contribution in [3.63, 3.8) is 0 Å². The number of amides is 2. The van der Waals surface area contributed by atoms with Crippen molar-refractivity contribution in [3.8, 4) is 11.5 Å². The first-order chi connectivity index (χ1) is 13.6. The molecule has 0 radical (unpaired) electrons. The first kappa shape index (κ1) is 18.3. The van der Waals surface area contributed by atoms with E-state index in [2.05, 4.69) is 5.32 Å². The van der Waals surface area contributed by atoms with Gasteiger partial charge in [-0.25, -0.2) is 4.79 Å². The van der Waals surface area contributed by atoms with Crippen molar-refractivity contribution in [3.05, 3.63) is 40.6 Å². The molecule has 1 N–H and O–H groups in total. The Morgan fingerprint density at radius 2 is 2.07 bits per heavy atom. The summed E-state index contributed by atoms with van der Waals surface area (Å²) in [7, 11) is 0. The number of esters is 1. The van der Waals surface area contributed by atoms with Crippen molar-refractivity contribution in [1.82, 2.24) is 4.90 Å². The zero-order valence-electron chi connectivity index (χ0n) is 14.9. The van der Waals surface area contributed by atoms with E-state index in [0.717, 1.165) is 6.42 Å². The van der Waals surface area contributed by atoms with Gasteiger partial charge in [0.15, 0.2) is 18.1 Å². The van der Waals surface area contributed by atoms with Crippen LogP contribution >= 0.6 is 11.3 Å². The molecule has 0 aliphatic carbocycles. The number of hydrogen-bond donors (Lipinski definition) is 1. The summed E-state index contributed by atoms with van der Waals surface area (Å²) in [5, 5.41) is 4.46. The maximum absolute atomic E-state index is 12.5. The van der Waals surface area contributed by atoms with E-state index in [1.165, 1.54) is 16.2 Å². The molecule has 0 bridgehead atoms. The molecule has 28 heavy (non-hydrogen) atoms. The number of benzene rings is 1. The average Bonchev–Trinajstić information content (AvgIpc) is 3.46. The molecule has 0 unspecified atom stereocenters. The maximum Gasteiger partial charge on any atom is 0.329 e. The fraction of sp³-hybridized carbons (Fsp3) is 0.316. The Kier molecular flexibility index (Phi) is 5.16. The molecule has 9 heteroatoms. The molecule has 2 aromatic rings. The van der Waals surface area contributed by atoms with Gasteiger partial charge in [-0.05, 0) is 36.4 Å². The number of nitrogens with zero attached hydrogens (tertiary/aromatic N) is 1. The van der Waals surface area contributed by atoms with Gasteiger partial charge in [0.25, 0.3) is 11.8 Å². The average molecular weight is 402 g/mol. The normalized spacial score (nSPS) is 17.4. The zero-order valence-corrected chi connectivity index (χ0v) is 15.7. The Bertz CT molecular complexity index is 898. The lowest BCUT2D eigenvalue weighted by atomic mass is 10.2. The van der Waals surface area contributed by atoms with Gasteiger partial charge in [-0.3, -0.25) is 9.59 Å². The molecular weight excluding hydrogens is 384 g/mol. The lowest BCUT2D eigenvalue weighted by Crippen LogP contribution is -2.41. The molecule has 2 aliphatic heterocycles. The highest BCUT2D eigenvalue weighted by Crippen LogP contribution is 2.34. The fourth-order valence-electron chi connectivity index (χ4n) is 3.20. The second-order valence-corrected chi connectivity index (χ2v) is 7.31. The van der Waals surface area contributed by atoms with E-state index >= 15 is 0 Å². The highest BCUT2D eigenvalue weighted by Gasteiger charge is 2.36. The third kappa shape index (κ3) is 3.79. The third-order valence-electron chi connectivity index (χ3n) is 4.52. The second-order valence-electron chi connectivity index (χ2n) is 6.36. The molecular formula is C19H18N2O6S. The number of thiophene rings is 1. The predicted molar refractivity (Wildman–Crippen MR) is 101 cm³/mol. The predicted octanol–water partition coefficient (Wildman–Crippen LogP) is 2.26. The number of rotatable bonds is 5. The molecule has 1 aromatic heterocycles. The van der Waals surface area contributed by atoms with Gasteiger partial charge in [0.2, 0.25) is 6.79 Å². The van der Waals surface area contributed by atoms with E-state index in [1.807, 2.05) is 5.38 Å². The molecule has 1 atom stereocenters. The van der Waals surface area contributed by atoms with Crippen LogP contribution < -0.4 is 14.8 Å². The van der Waals surface area contributed by atoms with Gasteiger partial charge in [-0.15, -0.1) is 11.3 Å². The molecule has 146 valence electrons. The summed E-state index contributed by atoms with van der Waals surface area (Å²) in [6, 6.07) is 7.87. The molecule has 1 aromatic carbocycles. The lowest BCUT2D eigenvalue weighted by Gasteiger charge is -2.22. The van der Waals surface area contributed by atoms with Gasteiger partial charge in [0.1, 0.15) is 6.04 Å². The van der Waals surface area contributed by atoms with Gasteiger partial charge in [0, 0.05) is 18.3 Å². The molecule has 3 heterocycles. The van der Waals surface area contributed by atoms with E-state index in [-0.39, 0.29) is 12.7 Å². The van der Waals surface area contributed by atoms with Gasteiger partial charge >= 0.3 is 5.97 Å². The minimum Gasteiger partial charge on any atom is -0.454 e. The maximum atomic E-state index is 12.5. The number of ether oxygens (including phenoxy) is 3. The van der Waals surface area contributed by atoms with Crippen LogP contribution in [0.2, 0.25) is 0 Å². The number of carbonyl (C=O) groups excluding carboxylic acids is 3. The monoisotopic (exact) mass is 402 g/mol. The van der Waals surface area contributed by atoms with Crippen molar-refractivity contribution in [2.45, 2.75) is 18.9 Å². The van der Waals surface area contributed by atoms with Crippen molar-refractivity contribution in [1.29, 1.82) is 0 Å². The Morgan fingerprint density at radius 1 is 1.21 bits per heavy atom. The van der Waals surface area contributed by atoms with E-state index in [9.17, 15) is 14.4 Å². The number of fused-ring (bicyclic) bond motifs is 1. The number of likely N-dealkylation sites (tertiary alicyclic amines) is 1. The third-order valence-corrected chi connectivity index (χ3v) is 5.38. The standard InChI is InChI=1S/C19H18N2O6S/c22-17(20-12-5-6-14-15(9-12)27-11-26-14)10-25-19(24)13-3-1-7-21(13)18(23)16-4-2-8-28-16/h2,4-6,8-9,13H,1,3,7,10-11H2,(H,20,22)/t13-/m0/s1. The number of anilines is 1. The minimum atomic E-state index is -0.659. The summed E-state index contributed by atoms with van der Waals surface area (Å²) in [5.74, 6) is -0.0616. The number of nitrogens with one attached hydrogen (secondary N) is 1. The van der Waals surface area contributed by atoms with Gasteiger partial charge in [-0.1, -0.05) is 6.07 Å². The van der Waals surface area contributed by atoms with Crippen molar-refractivity contribution >= 4 is 34.8 Å². The Morgan fingerprint density at radius 3 is 2.89 bits per heavy atom. The highest BCUT2D eigenvalue weighted by atomic mass is 32.1. The zero-order chi connectivity index (χ0) is 19.5. The summed E-state index contributed by atoms with van der Waals surface area (Å²) in [6.45, 7) is 0.219. The molecule has 2 amide bonds. The molecule has 2 aliphatic rings. The SMILES string of the molecule is O=C(COC(=O)[C@@H]1CCCN1C(=O)c1cccs1)Nc1ccc2c(c1)OCO2. The second kappa shape index (κ2) is 7.89. The molecule has 4 rings (SSSR count). The van der Waals surface area contributed by atoms with Crippen LogP contribution in [0.3, 0.4) is 0 Å². The summed E-state index contributed by atoms with van der Waals surface area (Å²) < 4.78 is 15.6. The minimum absolute atomic E-state index is 0.145. The van der Waals surface area contributed by atoms with Crippen molar-refractivity contribution in [2.24, 2.45) is 0 Å². The van der Waals surface area contributed by atoms with E-state index in [4.69, 9.17) is 14.2 Å². The van der Waals surface area contributed by atoms with Crippen LogP contribution in [0.1, 0.15) is 22.5 Å². The molecule has 8 nitrogen and oxygen atoms in total. The van der Waals surface area contributed by atoms with Crippen LogP contribution in [0.25, 0.3) is 0 Å². The van der Waals surface area contributed by atoms with E-state index in [0.29, 0.717) is 35.0 Å². The van der Waals surface area contributed by atoms with Crippen LogP contribution in [-0.2, 0) is 14.3 Å². The van der Waals surface area contributed by atoms with Crippen molar-refractivity contribution in [2.75, 3.05) is 25.3 Å². The fourth-order valence-corrected chi connectivity index (χ4v) is 3.88. The van der Waals surface area contributed by atoms with E-state index in [1.54, 1.807) is 30.3 Å². The smallest absolute Gasteiger partial charge is 0.329 e. The largest absolute Gasteiger partial charge is 0.454 e. The Balaban J connectivity index is 1.31. The van der Waals surface area contributed by atoms with Gasteiger partial charge < -0.3 is 24.4 Å².